The first-order valence-electron chi connectivity index (χ1n) is 11.0. The van der Waals surface area contributed by atoms with E-state index in [0.717, 1.165) is 33.2 Å². The minimum atomic E-state index is -0.799. The number of fused-ring (bicyclic) bond motifs is 4. The van der Waals surface area contributed by atoms with Crippen LogP contribution in [-0.2, 0) is 23.1 Å². The highest BCUT2D eigenvalue weighted by atomic mass is 16.5. The summed E-state index contributed by atoms with van der Waals surface area (Å²) in [4.78, 5) is 21.4. The summed E-state index contributed by atoms with van der Waals surface area (Å²) in [6, 6.07) is 13.6. The zero-order valence-corrected chi connectivity index (χ0v) is 18.9. The Morgan fingerprint density at radius 3 is 2.85 bits per heavy atom. The number of aryl methyl sites for hydroxylation is 2. The molecule has 0 amide bonds. The Balaban J connectivity index is 1.70. The van der Waals surface area contributed by atoms with Gasteiger partial charge in [-0.25, -0.2) is 11.4 Å². The summed E-state index contributed by atoms with van der Waals surface area (Å²) in [6.07, 6.45) is 1.76. The third-order valence-corrected chi connectivity index (χ3v) is 6.56. The molecule has 6 heteroatoms. The van der Waals surface area contributed by atoms with Crippen molar-refractivity contribution in [1.82, 2.24) is 4.98 Å². The second-order valence-corrected chi connectivity index (χ2v) is 8.39. The molecule has 5 rings (SSSR count). The molecule has 1 aliphatic carbocycles. The van der Waals surface area contributed by atoms with Gasteiger partial charge < -0.3 is 18.7 Å². The number of hydrogen-bond donors (Lipinski definition) is 0. The number of ether oxygens (including phenoxy) is 2. The number of para-hydroxylation sites is 1. The van der Waals surface area contributed by atoms with E-state index in [0.29, 0.717) is 48.5 Å². The average Bonchev–Trinajstić information content (AvgIpc) is 3.22. The fraction of sp³-hybridized carbons (Fsp3) is 0.296. The summed E-state index contributed by atoms with van der Waals surface area (Å²) in [5.41, 5.74) is 4.52. The first kappa shape index (κ1) is 21.0. The number of aromatic nitrogens is 1. The highest BCUT2D eigenvalue weighted by molar-refractivity contribution is 6.09. The lowest BCUT2D eigenvalue weighted by molar-refractivity contribution is 0.0524. The number of carbonyl (C=O) groups is 1. The summed E-state index contributed by atoms with van der Waals surface area (Å²) in [5.74, 6) is 0.264. The van der Waals surface area contributed by atoms with Crippen LogP contribution in [0.3, 0.4) is 0 Å². The number of benzene rings is 2. The van der Waals surface area contributed by atoms with Gasteiger partial charge in [0.15, 0.2) is 11.3 Å². The molecule has 0 saturated carbocycles. The highest BCUT2D eigenvalue weighted by Gasteiger charge is 2.45. The van der Waals surface area contributed by atoms with E-state index in [2.05, 4.69) is 4.85 Å². The van der Waals surface area contributed by atoms with Gasteiger partial charge in [-0.05, 0) is 50.1 Å². The third-order valence-electron chi connectivity index (χ3n) is 6.56. The predicted molar refractivity (Wildman–Crippen MR) is 126 cm³/mol. The number of furan rings is 1. The second kappa shape index (κ2) is 7.93. The van der Waals surface area contributed by atoms with E-state index in [1.165, 1.54) is 0 Å². The maximum absolute atomic E-state index is 12.5. The lowest BCUT2D eigenvalue weighted by Crippen LogP contribution is -2.31. The summed E-state index contributed by atoms with van der Waals surface area (Å²) in [7, 11) is 1.62. The number of methoxy groups -OCH3 is 1. The lowest BCUT2D eigenvalue weighted by atomic mass is 9.74. The molecule has 0 fully saturated rings. The van der Waals surface area contributed by atoms with E-state index in [9.17, 15) is 4.79 Å². The fourth-order valence-electron chi connectivity index (χ4n) is 4.95. The van der Waals surface area contributed by atoms with Crippen LogP contribution in [-0.4, -0.2) is 24.7 Å². The van der Waals surface area contributed by atoms with Gasteiger partial charge in [-0.2, -0.15) is 0 Å². The predicted octanol–water partition coefficient (Wildman–Crippen LogP) is 5.78. The molecule has 1 aliphatic rings. The average molecular weight is 440 g/mol. The normalized spacial score (nSPS) is 17.5. The van der Waals surface area contributed by atoms with Gasteiger partial charge in [-0.3, -0.25) is 4.98 Å². The van der Waals surface area contributed by atoms with Crippen molar-refractivity contribution in [2.24, 2.45) is 0 Å². The molecule has 0 aliphatic heterocycles. The van der Waals surface area contributed by atoms with Crippen molar-refractivity contribution in [2.45, 2.75) is 38.6 Å². The molecule has 0 spiro atoms. The van der Waals surface area contributed by atoms with Crippen molar-refractivity contribution in [3.8, 4) is 5.75 Å². The molecule has 0 radical (unpaired) electrons. The minimum Gasteiger partial charge on any atom is -0.493 e. The van der Waals surface area contributed by atoms with Crippen LogP contribution in [0.5, 0.6) is 5.75 Å². The number of carbonyl (C=O) groups excluding carboxylic acids is 1. The van der Waals surface area contributed by atoms with E-state index in [1.54, 1.807) is 14.0 Å². The summed E-state index contributed by atoms with van der Waals surface area (Å²) in [6.45, 7) is 12.2. The quantitative estimate of drug-likeness (QED) is 0.297. The van der Waals surface area contributed by atoms with Crippen LogP contribution in [0.25, 0.3) is 26.8 Å². The van der Waals surface area contributed by atoms with Crippen LogP contribution in [0.2, 0.25) is 0 Å². The zero-order valence-electron chi connectivity index (χ0n) is 18.9. The van der Waals surface area contributed by atoms with Gasteiger partial charge in [-0.1, -0.05) is 18.2 Å². The number of esters is 1. The number of rotatable bonds is 4. The Kier molecular flexibility index (Phi) is 5.05. The molecule has 0 bridgehead atoms. The second-order valence-electron chi connectivity index (χ2n) is 8.39. The van der Waals surface area contributed by atoms with Crippen LogP contribution < -0.4 is 4.74 Å². The van der Waals surface area contributed by atoms with Gasteiger partial charge in [0.05, 0.1) is 31.4 Å². The molecular weight excluding hydrogens is 416 g/mol. The Hall–Kier alpha value is -3.85. The Labute approximate surface area is 192 Å². The van der Waals surface area contributed by atoms with Crippen LogP contribution in [0.1, 0.15) is 46.2 Å². The summed E-state index contributed by atoms with van der Waals surface area (Å²) >= 11 is 0. The molecule has 166 valence electrons. The van der Waals surface area contributed by atoms with Gasteiger partial charge in [-0.15, -0.1) is 0 Å². The molecule has 33 heavy (non-hydrogen) atoms. The van der Waals surface area contributed by atoms with Gasteiger partial charge in [0, 0.05) is 28.5 Å². The van der Waals surface area contributed by atoms with Crippen LogP contribution >= 0.6 is 0 Å². The lowest BCUT2D eigenvalue weighted by Gasteiger charge is -2.29. The number of hydrogen-bond acceptors (Lipinski definition) is 5. The van der Waals surface area contributed by atoms with E-state index >= 15 is 0 Å². The molecule has 2 aromatic heterocycles. The van der Waals surface area contributed by atoms with E-state index in [4.69, 9.17) is 25.4 Å². The largest absolute Gasteiger partial charge is 0.493 e. The molecule has 1 unspecified atom stereocenters. The third kappa shape index (κ3) is 3.23. The maximum Gasteiger partial charge on any atom is 0.339 e. The van der Waals surface area contributed by atoms with Crippen molar-refractivity contribution < 1.29 is 18.7 Å². The topological polar surface area (TPSA) is 65.9 Å². The van der Waals surface area contributed by atoms with Crippen molar-refractivity contribution in [3.63, 3.8) is 0 Å². The molecular formula is C27H24N2O4. The SMILES string of the molecule is [C-]#[N+]C1(c2ccc(OC)c3oc4ccccc4c23)CCc2nc(C)c(C(=O)OCC)cc2C1. The van der Waals surface area contributed by atoms with E-state index in [1.807, 2.05) is 49.4 Å². The first-order valence-corrected chi connectivity index (χ1v) is 11.0. The molecule has 2 heterocycles. The summed E-state index contributed by atoms with van der Waals surface area (Å²) < 4.78 is 16.9. The van der Waals surface area contributed by atoms with Crippen molar-refractivity contribution >= 4 is 27.9 Å². The smallest absolute Gasteiger partial charge is 0.339 e. The van der Waals surface area contributed by atoms with Crippen LogP contribution in [0.15, 0.2) is 46.9 Å². The fourth-order valence-corrected chi connectivity index (χ4v) is 4.95. The zero-order chi connectivity index (χ0) is 23.2. The van der Waals surface area contributed by atoms with Crippen molar-refractivity contribution in [1.29, 1.82) is 0 Å². The monoisotopic (exact) mass is 440 g/mol. The highest BCUT2D eigenvalue weighted by Crippen LogP contribution is 2.47. The molecule has 2 aromatic carbocycles. The van der Waals surface area contributed by atoms with Gasteiger partial charge in [0.1, 0.15) is 5.58 Å². The van der Waals surface area contributed by atoms with E-state index in [-0.39, 0.29) is 5.97 Å². The molecule has 4 aromatic rings. The van der Waals surface area contributed by atoms with Crippen LogP contribution in [0, 0.1) is 13.5 Å². The van der Waals surface area contributed by atoms with Gasteiger partial charge in [0.25, 0.3) is 5.54 Å². The molecule has 6 nitrogen and oxygen atoms in total. The molecule has 0 N–H and O–H groups in total. The van der Waals surface area contributed by atoms with Gasteiger partial charge >= 0.3 is 5.97 Å². The van der Waals surface area contributed by atoms with E-state index < -0.39 is 5.54 Å². The van der Waals surface area contributed by atoms with Crippen molar-refractivity contribution in [2.75, 3.05) is 13.7 Å². The number of pyridine rings is 1. The van der Waals surface area contributed by atoms with Gasteiger partial charge in [0.2, 0.25) is 0 Å². The standard InChI is InChI=1S/C27H24N2O4/c1-5-32-26(30)19-14-17-15-27(28-3,13-12-21(17)29-16(19)2)20-10-11-23(31-4)25-24(20)18-8-6-7-9-22(18)33-25/h6-11,14H,5,12-13,15H2,1-2,4H3. The Bertz CT molecular complexity index is 1450. The number of nitrogens with zero attached hydrogens (tertiary/aromatic N) is 2. The Morgan fingerprint density at radius 2 is 2.09 bits per heavy atom. The summed E-state index contributed by atoms with van der Waals surface area (Å²) in [5, 5.41) is 1.87. The minimum absolute atomic E-state index is 0.304. The maximum atomic E-state index is 12.5. The molecule has 0 saturated heterocycles. The van der Waals surface area contributed by atoms with Crippen molar-refractivity contribution in [3.05, 3.63) is 82.0 Å². The first-order chi connectivity index (χ1) is 16.0. The Morgan fingerprint density at radius 1 is 1.27 bits per heavy atom. The van der Waals surface area contributed by atoms with Crippen LogP contribution in [0.4, 0.5) is 0 Å². The molecule has 1 atom stereocenters.